The van der Waals surface area contributed by atoms with Gasteiger partial charge in [-0.3, -0.25) is 9.48 Å². The highest BCUT2D eigenvalue weighted by Gasteiger charge is 2.27. The Balaban J connectivity index is 2.02. The number of amides is 1. The van der Waals surface area contributed by atoms with E-state index in [1.54, 1.807) is 4.68 Å². The maximum atomic E-state index is 12.5. The molecule has 0 radical (unpaired) electrons. The van der Waals surface area contributed by atoms with E-state index in [2.05, 4.69) is 10.4 Å². The molecule has 0 bridgehead atoms. The maximum Gasteiger partial charge on any atom is 0.257 e. The Morgan fingerprint density at radius 1 is 1.42 bits per heavy atom. The monoisotopic (exact) mass is 264 g/mol. The molecule has 0 aliphatic heterocycles. The van der Waals surface area contributed by atoms with E-state index in [4.69, 9.17) is 0 Å². The molecule has 1 aromatic rings. The number of nitrogens with zero attached hydrogens (tertiary/aromatic N) is 3. The minimum Gasteiger partial charge on any atom is -0.339 e. The summed E-state index contributed by atoms with van der Waals surface area (Å²) in [5.74, 6) is 0.0958. The number of carbonyl (C=O) groups is 1. The summed E-state index contributed by atoms with van der Waals surface area (Å²) >= 11 is 0. The lowest BCUT2D eigenvalue weighted by Crippen LogP contribution is -2.42. The Bertz CT molecular complexity index is 446. The quantitative estimate of drug-likeness (QED) is 0.896. The fraction of sp³-hybridized carbons (Fsp3) is 0.714. The van der Waals surface area contributed by atoms with Crippen molar-refractivity contribution in [3.63, 3.8) is 0 Å². The van der Waals surface area contributed by atoms with Crippen LogP contribution < -0.4 is 5.32 Å². The number of aromatic nitrogens is 2. The van der Waals surface area contributed by atoms with Crippen LogP contribution in [-0.2, 0) is 7.05 Å². The zero-order valence-electron chi connectivity index (χ0n) is 12.3. The Morgan fingerprint density at radius 2 is 2.05 bits per heavy atom. The number of nitrogens with one attached hydrogen (secondary N) is 1. The molecular weight excluding hydrogens is 240 g/mol. The number of hydrogen-bond acceptors (Lipinski definition) is 3. The van der Waals surface area contributed by atoms with E-state index in [-0.39, 0.29) is 5.91 Å². The summed E-state index contributed by atoms with van der Waals surface area (Å²) in [7, 11) is 5.78. The average Bonchev–Trinajstić information content (AvgIpc) is 2.76. The van der Waals surface area contributed by atoms with E-state index in [1.807, 2.05) is 39.2 Å². The Labute approximate surface area is 115 Å². The van der Waals surface area contributed by atoms with Gasteiger partial charge in [0.15, 0.2) is 0 Å². The molecule has 1 saturated carbocycles. The Hall–Kier alpha value is -1.36. The van der Waals surface area contributed by atoms with E-state index in [1.165, 1.54) is 0 Å². The molecule has 2 rings (SSSR count). The van der Waals surface area contributed by atoms with Crippen molar-refractivity contribution in [1.29, 1.82) is 0 Å². The molecule has 1 fully saturated rings. The zero-order valence-corrected chi connectivity index (χ0v) is 12.3. The number of rotatable bonds is 3. The Kier molecular flexibility index (Phi) is 4.24. The highest BCUT2D eigenvalue weighted by molar-refractivity contribution is 5.95. The van der Waals surface area contributed by atoms with Gasteiger partial charge < -0.3 is 10.2 Å². The second kappa shape index (κ2) is 5.74. The third-order valence-corrected chi connectivity index (χ3v) is 4.22. The lowest BCUT2D eigenvalue weighted by molar-refractivity contribution is 0.0685. The van der Waals surface area contributed by atoms with Crippen molar-refractivity contribution in [3.05, 3.63) is 17.5 Å². The first-order chi connectivity index (χ1) is 9.02. The molecule has 1 N–H and O–H groups in total. The molecule has 0 saturated heterocycles. The van der Waals surface area contributed by atoms with Crippen molar-refractivity contribution in [3.8, 4) is 0 Å². The second-order valence-electron chi connectivity index (χ2n) is 5.51. The number of hydrogen-bond donors (Lipinski definition) is 1. The maximum absolute atomic E-state index is 12.5. The van der Waals surface area contributed by atoms with Gasteiger partial charge in [-0.2, -0.15) is 5.10 Å². The van der Waals surface area contributed by atoms with Crippen LogP contribution in [0, 0.1) is 6.92 Å². The fourth-order valence-corrected chi connectivity index (χ4v) is 2.92. The molecule has 1 aliphatic rings. The normalized spacial score (nSPS) is 23.4. The van der Waals surface area contributed by atoms with Crippen LogP contribution in [0.5, 0.6) is 0 Å². The summed E-state index contributed by atoms with van der Waals surface area (Å²) in [6, 6.07) is 0.969. The van der Waals surface area contributed by atoms with Crippen LogP contribution in [0.25, 0.3) is 0 Å². The molecule has 1 heterocycles. The number of aryl methyl sites for hydroxylation is 2. The topological polar surface area (TPSA) is 50.2 Å². The largest absolute Gasteiger partial charge is 0.339 e. The van der Waals surface area contributed by atoms with E-state index in [0.717, 1.165) is 36.9 Å². The molecule has 19 heavy (non-hydrogen) atoms. The summed E-state index contributed by atoms with van der Waals surface area (Å²) < 4.78 is 1.70. The summed E-state index contributed by atoms with van der Waals surface area (Å²) in [4.78, 5) is 14.4. The first-order valence-corrected chi connectivity index (χ1v) is 6.97. The SMILES string of the molecule is CNC1CCC(N(C)C(=O)c2cn(C)nc2C)CC1. The van der Waals surface area contributed by atoms with Gasteiger partial charge in [-0.05, 0) is 39.7 Å². The van der Waals surface area contributed by atoms with Crippen LogP contribution in [0.4, 0.5) is 0 Å². The predicted octanol–water partition coefficient (Wildman–Crippen LogP) is 1.33. The van der Waals surface area contributed by atoms with Gasteiger partial charge in [0.1, 0.15) is 0 Å². The second-order valence-corrected chi connectivity index (χ2v) is 5.51. The molecular formula is C14H24N4O. The highest BCUT2D eigenvalue weighted by Crippen LogP contribution is 2.23. The molecule has 5 heteroatoms. The van der Waals surface area contributed by atoms with Gasteiger partial charge >= 0.3 is 0 Å². The summed E-state index contributed by atoms with van der Waals surface area (Å²) in [6.07, 6.45) is 6.25. The smallest absolute Gasteiger partial charge is 0.257 e. The lowest BCUT2D eigenvalue weighted by atomic mass is 9.90. The van der Waals surface area contributed by atoms with Crippen LogP contribution in [0.15, 0.2) is 6.20 Å². The molecule has 1 amide bonds. The number of carbonyl (C=O) groups excluding carboxylic acids is 1. The van der Waals surface area contributed by atoms with Gasteiger partial charge in [-0.25, -0.2) is 0 Å². The van der Waals surface area contributed by atoms with E-state index >= 15 is 0 Å². The molecule has 5 nitrogen and oxygen atoms in total. The van der Waals surface area contributed by atoms with Gasteiger partial charge in [0, 0.05) is 32.4 Å². The van der Waals surface area contributed by atoms with Gasteiger partial charge in [-0.15, -0.1) is 0 Å². The van der Waals surface area contributed by atoms with Gasteiger partial charge in [0.05, 0.1) is 11.3 Å². The van der Waals surface area contributed by atoms with Gasteiger partial charge in [-0.1, -0.05) is 0 Å². The van der Waals surface area contributed by atoms with Gasteiger partial charge in [0.25, 0.3) is 5.91 Å². The van der Waals surface area contributed by atoms with Crippen LogP contribution in [0.1, 0.15) is 41.7 Å². The molecule has 1 aromatic heterocycles. The van der Waals surface area contributed by atoms with E-state index in [0.29, 0.717) is 12.1 Å². The van der Waals surface area contributed by atoms with E-state index in [9.17, 15) is 4.79 Å². The minimum absolute atomic E-state index is 0.0958. The first kappa shape index (κ1) is 14.1. The third kappa shape index (κ3) is 2.97. The van der Waals surface area contributed by atoms with Gasteiger partial charge in [0.2, 0.25) is 0 Å². The molecule has 106 valence electrons. The minimum atomic E-state index is 0.0958. The average molecular weight is 264 g/mol. The van der Waals surface area contributed by atoms with E-state index < -0.39 is 0 Å². The summed E-state index contributed by atoms with van der Waals surface area (Å²) in [5.41, 5.74) is 1.53. The molecule has 0 spiro atoms. The van der Waals surface area contributed by atoms with Crippen molar-refractivity contribution in [2.75, 3.05) is 14.1 Å². The van der Waals surface area contributed by atoms with Crippen LogP contribution in [0.2, 0.25) is 0 Å². The van der Waals surface area contributed by atoms with Crippen LogP contribution >= 0.6 is 0 Å². The van der Waals surface area contributed by atoms with Crippen LogP contribution in [0.3, 0.4) is 0 Å². The fourth-order valence-electron chi connectivity index (χ4n) is 2.92. The Morgan fingerprint density at radius 3 is 2.53 bits per heavy atom. The predicted molar refractivity (Wildman–Crippen MR) is 75.1 cm³/mol. The van der Waals surface area contributed by atoms with Crippen molar-refractivity contribution in [2.24, 2.45) is 7.05 Å². The summed E-state index contributed by atoms with van der Waals surface area (Å²) in [6.45, 7) is 1.89. The van der Waals surface area contributed by atoms with Crippen molar-refractivity contribution in [2.45, 2.75) is 44.7 Å². The zero-order chi connectivity index (χ0) is 14.0. The molecule has 0 aromatic carbocycles. The molecule has 1 aliphatic carbocycles. The third-order valence-electron chi connectivity index (χ3n) is 4.22. The first-order valence-electron chi connectivity index (χ1n) is 6.97. The molecule has 0 atom stereocenters. The van der Waals surface area contributed by atoms with Crippen molar-refractivity contribution >= 4 is 5.91 Å². The van der Waals surface area contributed by atoms with Crippen molar-refractivity contribution < 1.29 is 4.79 Å². The summed E-state index contributed by atoms with van der Waals surface area (Å²) in [5, 5.41) is 7.56. The van der Waals surface area contributed by atoms with Crippen LogP contribution in [-0.4, -0.2) is 46.8 Å². The lowest BCUT2D eigenvalue weighted by Gasteiger charge is -2.34. The van der Waals surface area contributed by atoms with Crippen molar-refractivity contribution in [1.82, 2.24) is 20.0 Å². The molecule has 0 unspecified atom stereocenters. The standard InChI is InChI=1S/C14H24N4O/c1-10-13(9-17(3)16-10)14(19)18(4)12-7-5-11(15-2)6-8-12/h9,11-12,15H,5-8H2,1-4H3. The highest BCUT2D eigenvalue weighted by atomic mass is 16.2.